The fraction of sp³-hybridized carbons (Fsp3) is 0.571. The first-order chi connectivity index (χ1) is 9.65. The van der Waals surface area contributed by atoms with E-state index in [1.165, 1.54) is 6.42 Å². The van der Waals surface area contributed by atoms with E-state index in [2.05, 4.69) is 16.8 Å². The van der Waals surface area contributed by atoms with Gasteiger partial charge >= 0.3 is 7.12 Å². The smallest absolute Gasteiger partial charge is 0.488 e. The molecule has 1 heterocycles. The van der Waals surface area contributed by atoms with Gasteiger partial charge in [0.1, 0.15) is 12.4 Å². The third-order valence-corrected chi connectivity index (χ3v) is 3.64. The van der Waals surface area contributed by atoms with E-state index >= 15 is 0 Å². The van der Waals surface area contributed by atoms with Crippen LogP contribution in [0.5, 0.6) is 5.75 Å². The molecule has 0 atom stereocenters. The molecule has 1 aliphatic rings. The Hall–Kier alpha value is -1.08. The molecule has 1 aromatic carbocycles. The lowest BCUT2D eigenvalue weighted by Crippen LogP contribution is -2.32. The van der Waals surface area contributed by atoms with E-state index in [4.69, 9.17) is 14.8 Å². The number of hydrogen-bond donors (Lipinski definition) is 2. The lowest BCUT2D eigenvalue weighted by molar-refractivity contribution is 0.213. The van der Waals surface area contributed by atoms with Crippen LogP contribution in [0.3, 0.4) is 0 Å². The van der Waals surface area contributed by atoms with Crippen molar-refractivity contribution in [3.8, 4) is 5.75 Å². The molecule has 0 saturated carbocycles. The van der Waals surface area contributed by atoms with Crippen LogP contribution in [0.25, 0.3) is 0 Å². The molecule has 0 unspecified atom stereocenters. The largest absolute Gasteiger partial charge is 0.492 e. The van der Waals surface area contributed by atoms with Crippen LogP contribution in [0.15, 0.2) is 24.3 Å². The van der Waals surface area contributed by atoms with Gasteiger partial charge in [-0.25, -0.2) is 0 Å². The lowest BCUT2D eigenvalue weighted by atomic mass is 9.80. The highest BCUT2D eigenvalue weighted by Crippen LogP contribution is 2.08. The van der Waals surface area contributed by atoms with Crippen LogP contribution in [-0.4, -0.2) is 73.3 Å². The summed E-state index contributed by atoms with van der Waals surface area (Å²) < 4.78 is 5.69. The van der Waals surface area contributed by atoms with Crippen LogP contribution in [-0.2, 0) is 0 Å². The molecule has 1 aromatic rings. The van der Waals surface area contributed by atoms with Gasteiger partial charge in [-0.15, -0.1) is 0 Å². The average molecular weight is 278 g/mol. The number of rotatable bonds is 5. The second-order valence-corrected chi connectivity index (χ2v) is 5.29. The van der Waals surface area contributed by atoms with E-state index in [-0.39, 0.29) is 0 Å². The van der Waals surface area contributed by atoms with Crippen molar-refractivity contribution in [1.29, 1.82) is 0 Å². The summed E-state index contributed by atoms with van der Waals surface area (Å²) >= 11 is 0. The van der Waals surface area contributed by atoms with Gasteiger partial charge in [0.05, 0.1) is 0 Å². The fourth-order valence-electron chi connectivity index (χ4n) is 2.38. The highest BCUT2D eigenvalue weighted by atomic mass is 16.5. The molecule has 1 aliphatic heterocycles. The minimum absolute atomic E-state index is 0.457. The Balaban J connectivity index is 1.76. The first kappa shape index (κ1) is 15.3. The molecule has 0 radical (unpaired) electrons. The summed E-state index contributed by atoms with van der Waals surface area (Å²) in [5.41, 5.74) is 0.457. The van der Waals surface area contributed by atoms with E-state index in [1.807, 2.05) is 6.07 Å². The molecule has 6 heteroatoms. The topological polar surface area (TPSA) is 56.2 Å². The maximum atomic E-state index is 9.12. The Kier molecular flexibility index (Phi) is 5.85. The van der Waals surface area contributed by atoms with Crippen molar-refractivity contribution in [2.75, 3.05) is 46.4 Å². The van der Waals surface area contributed by atoms with Crippen molar-refractivity contribution in [3.63, 3.8) is 0 Å². The third-order valence-electron chi connectivity index (χ3n) is 3.64. The number of likely N-dealkylation sites (N-methyl/N-ethyl adjacent to an activating group) is 1. The summed E-state index contributed by atoms with van der Waals surface area (Å²) in [5, 5.41) is 18.2. The van der Waals surface area contributed by atoms with Crippen molar-refractivity contribution in [1.82, 2.24) is 9.80 Å². The minimum atomic E-state index is -1.44. The second kappa shape index (κ2) is 7.64. The molecule has 0 spiro atoms. The van der Waals surface area contributed by atoms with Gasteiger partial charge in [-0.05, 0) is 44.2 Å². The monoisotopic (exact) mass is 278 g/mol. The Morgan fingerprint density at radius 3 is 2.85 bits per heavy atom. The van der Waals surface area contributed by atoms with E-state index in [0.29, 0.717) is 17.8 Å². The average Bonchev–Trinajstić information content (AvgIpc) is 2.64. The quantitative estimate of drug-likeness (QED) is 0.703. The minimum Gasteiger partial charge on any atom is -0.492 e. The predicted octanol–water partition coefficient (Wildman–Crippen LogP) is -0.617. The van der Waals surface area contributed by atoms with Crippen LogP contribution < -0.4 is 10.2 Å². The SMILES string of the molecule is CN1CCCN(CCOc2cccc(B(O)O)c2)CC1. The van der Waals surface area contributed by atoms with E-state index < -0.39 is 7.12 Å². The van der Waals surface area contributed by atoms with Gasteiger partial charge in [0, 0.05) is 19.6 Å². The van der Waals surface area contributed by atoms with Gasteiger partial charge in [-0.1, -0.05) is 12.1 Å². The number of ether oxygens (including phenoxy) is 1. The molecule has 20 heavy (non-hydrogen) atoms. The third kappa shape index (κ3) is 4.79. The molecule has 1 fully saturated rings. The number of hydrogen-bond acceptors (Lipinski definition) is 5. The Labute approximate surface area is 120 Å². The molecule has 0 aliphatic carbocycles. The Morgan fingerprint density at radius 1 is 1.20 bits per heavy atom. The first-order valence-corrected chi connectivity index (χ1v) is 7.15. The summed E-state index contributed by atoms with van der Waals surface area (Å²) in [6.07, 6.45) is 1.20. The summed E-state index contributed by atoms with van der Waals surface area (Å²) in [5.74, 6) is 0.683. The van der Waals surface area contributed by atoms with Crippen LogP contribution in [0.4, 0.5) is 0 Å². The lowest BCUT2D eigenvalue weighted by Gasteiger charge is -2.20. The standard InChI is InChI=1S/C14H23BN2O3/c1-16-6-3-7-17(9-8-16)10-11-20-14-5-2-4-13(12-14)15(18)19/h2,4-5,12,18-19H,3,6-11H2,1H3. The van der Waals surface area contributed by atoms with Gasteiger partial charge in [-0.3, -0.25) is 4.90 Å². The first-order valence-electron chi connectivity index (χ1n) is 7.15. The van der Waals surface area contributed by atoms with E-state index in [0.717, 1.165) is 32.7 Å². The van der Waals surface area contributed by atoms with Gasteiger partial charge in [0.25, 0.3) is 0 Å². The van der Waals surface area contributed by atoms with Crippen molar-refractivity contribution in [2.45, 2.75) is 6.42 Å². The normalized spacial score (nSPS) is 17.8. The van der Waals surface area contributed by atoms with Crippen molar-refractivity contribution >= 4 is 12.6 Å². The Bertz CT molecular complexity index is 417. The van der Waals surface area contributed by atoms with E-state index in [1.54, 1.807) is 18.2 Å². The summed E-state index contributed by atoms with van der Waals surface area (Å²) in [4.78, 5) is 4.77. The van der Waals surface area contributed by atoms with Gasteiger partial charge in [0.2, 0.25) is 0 Å². The van der Waals surface area contributed by atoms with Gasteiger partial charge in [0.15, 0.2) is 0 Å². The molecule has 5 nitrogen and oxygen atoms in total. The van der Waals surface area contributed by atoms with Gasteiger partial charge in [-0.2, -0.15) is 0 Å². The molecule has 2 N–H and O–H groups in total. The molecule has 1 saturated heterocycles. The van der Waals surface area contributed by atoms with Crippen LogP contribution in [0.1, 0.15) is 6.42 Å². The molecule has 110 valence electrons. The van der Waals surface area contributed by atoms with Crippen LogP contribution >= 0.6 is 0 Å². The summed E-state index contributed by atoms with van der Waals surface area (Å²) in [7, 11) is 0.714. The highest BCUT2D eigenvalue weighted by molar-refractivity contribution is 6.58. The zero-order valence-corrected chi connectivity index (χ0v) is 12.0. The maximum absolute atomic E-state index is 9.12. The van der Waals surface area contributed by atoms with Crippen molar-refractivity contribution < 1.29 is 14.8 Å². The maximum Gasteiger partial charge on any atom is 0.488 e. The summed E-state index contributed by atoms with van der Waals surface area (Å²) in [6.45, 7) is 5.98. The fourth-order valence-corrected chi connectivity index (χ4v) is 2.38. The van der Waals surface area contributed by atoms with Gasteiger partial charge < -0.3 is 19.7 Å². The highest BCUT2D eigenvalue weighted by Gasteiger charge is 2.13. The van der Waals surface area contributed by atoms with Crippen LogP contribution in [0.2, 0.25) is 0 Å². The number of nitrogens with zero attached hydrogens (tertiary/aromatic N) is 2. The van der Waals surface area contributed by atoms with Crippen molar-refractivity contribution in [2.24, 2.45) is 0 Å². The van der Waals surface area contributed by atoms with E-state index in [9.17, 15) is 0 Å². The Morgan fingerprint density at radius 2 is 2.05 bits per heavy atom. The molecule has 2 rings (SSSR count). The van der Waals surface area contributed by atoms with Crippen LogP contribution in [0, 0.1) is 0 Å². The molecule has 0 amide bonds. The number of benzene rings is 1. The molecular formula is C14H23BN2O3. The molecule has 0 aromatic heterocycles. The molecule has 0 bridgehead atoms. The van der Waals surface area contributed by atoms with Crippen molar-refractivity contribution in [3.05, 3.63) is 24.3 Å². The summed E-state index contributed by atoms with van der Waals surface area (Å²) in [6, 6.07) is 6.94. The predicted molar refractivity (Wildman–Crippen MR) is 80.3 cm³/mol. The zero-order valence-electron chi connectivity index (χ0n) is 12.0. The zero-order chi connectivity index (χ0) is 14.4. The second-order valence-electron chi connectivity index (χ2n) is 5.29. The molecular weight excluding hydrogens is 255 g/mol.